The second kappa shape index (κ2) is 11.3. The first-order valence-corrected chi connectivity index (χ1v) is 14.4. The molecule has 1 saturated heterocycles. The highest BCUT2D eigenvalue weighted by molar-refractivity contribution is 6.34. The molecule has 8 heteroatoms. The van der Waals surface area contributed by atoms with E-state index >= 15 is 4.39 Å². The highest BCUT2D eigenvalue weighted by atomic mass is 35.5. The van der Waals surface area contributed by atoms with Crippen molar-refractivity contribution in [1.82, 2.24) is 14.9 Å². The number of amides is 1. The Morgan fingerprint density at radius 2 is 1.71 bits per heavy atom. The molecule has 0 atom stereocenters. The predicted molar refractivity (Wildman–Crippen MR) is 164 cm³/mol. The number of fused-ring (bicyclic) bond motifs is 1. The summed E-state index contributed by atoms with van der Waals surface area (Å²) in [6, 6.07) is 15.2. The van der Waals surface area contributed by atoms with Gasteiger partial charge in [0.2, 0.25) is 0 Å². The van der Waals surface area contributed by atoms with Crippen molar-refractivity contribution in [2.75, 3.05) is 31.1 Å². The van der Waals surface area contributed by atoms with Crippen LogP contribution < -0.4 is 4.90 Å². The first-order valence-electron chi connectivity index (χ1n) is 14.0. The van der Waals surface area contributed by atoms with Crippen LogP contribution in [0.3, 0.4) is 0 Å². The predicted octanol–water partition coefficient (Wildman–Crippen LogP) is 8.25. The average molecular weight is 575 g/mol. The number of carbonyl (C=O) groups excluding carboxylic acids is 1. The second-order valence-corrected chi connectivity index (χ2v) is 12.3. The average Bonchev–Trinajstić information content (AvgIpc) is 2.91. The van der Waals surface area contributed by atoms with Gasteiger partial charge in [-0.15, -0.1) is 0 Å². The fraction of sp³-hybridized carbons (Fsp3) is 0.364. The van der Waals surface area contributed by atoms with E-state index in [4.69, 9.17) is 26.3 Å². The van der Waals surface area contributed by atoms with E-state index in [0.29, 0.717) is 48.0 Å². The van der Waals surface area contributed by atoms with Gasteiger partial charge in [-0.1, -0.05) is 55.8 Å². The summed E-state index contributed by atoms with van der Waals surface area (Å²) in [5.74, 6) is 0.651. The van der Waals surface area contributed by atoms with Crippen LogP contribution in [-0.2, 0) is 4.74 Å². The number of ether oxygens (including phenoxy) is 1. The molecule has 5 rings (SSSR count). The van der Waals surface area contributed by atoms with Crippen LogP contribution in [0.4, 0.5) is 15.0 Å². The zero-order valence-electron chi connectivity index (χ0n) is 24.5. The maximum atomic E-state index is 15.1. The summed E-state index contributed by atoms with van der Waals surface area (Å²) in [6.07, 6.45) is 1.54. The Hall–Kier alpha value is -3.71. The van der Waals surface area contributed by atoms with Gasteiger partial charge in [0.1, 0.15) is 17.2 Å². The van der Waals surface area contributed by atoms with Crippen LogP contribution in [0.25, 0.3) is 33.3 Å². The van der Waals surface area contributed by atoms with Gasteiger partial charge in [0.05, 0.1) is 16.2 Å². The Morgan fingerprint density at radius 1 is 1.00 bits per heavy atom. The Kier molecular flexibility index (Phi) is 7.93. The van der Waals surface area contributed by atoms with Crippen LogP contribution in [-0.4, -0.2) is 52.7 Å². The minimum atomic E-state index is -0.550. The number of rotatable bonds is 4. The highest BCUT2D eigenvalue weighted by Crippen LogP contribution is 2.40. The first-order chi connectivity index (χ1) is 19.4. The van der Waals surface area contributed by atoms with E-state index in [1.165, 1.54) is 11.6 Å². The van der Waals surface area contributed by atoms with Crippen molar-refractivity contribution < 1.29 is 13.9 Å². The molecular weight excluding hydrogens is 539 g/mol. The summed E-state index contributed by atoms with van der Waals surface area (Å²) >= 11 is 6.82. The SMILES string of the molecule is Cc1ccc(-c2nc3c(-c4ccccc4C(C)C)cnc(N4CCN(C(=O)OC(C)(C)C)CC4)c3cc2Cl)c(F)c1. The topological polar surface area (TPSA) is 58.6 Å². The summed E-state index contributed by atoms with van der Waals surface area (Å²) in [5.41, 5.74) is 4.81. The van der Waals surface area contributed by atoms with Crippen LogP contribution in [0.1, 0.15) is 51.7 Å². The van der Waals surface area contributed by atoms with Crippen LogP contribution in [0.5, 0.6) is 0 Å². The maximum absolute atomic E-state index is 15.1. The second-order valence-electron chi connectivity index (χ2n) is 11.9. The number of aromatic nitrogens is 2. The van der Waals surface area contributed by atoms with Crippen molar-refractivity contribution in [2.24, 2.45) is 0 Å². The lowest BCUT2D eigenvalue weighted by Crippen LogP contribution is -2.50. The van der Waals surface area contributed by atoms with Gasteiger partial charge >= 0.3 is 6.09 Å². The van der Waals surface area contributed by atoms with Crippen molar-refractivity contribution in [3.05, 3.63) is 76.7 Å². The molecule has 0 radical (unpaired) electrons. The Morgan fingerprint density at radius 3 is 2.37 bits per heavy atom. The minimum absolute atomic E-state index is 0.281. The summed E-state index contributed by atoms with van der Waals surface area (Å²) in [5, 5.41) is 1.14. The molecule has 0 N–H and O–H groups in total. The third-order valence-electron chi connectivity index (χ3n) is 7.27. The van der Waals surface area contributed by atoms with E-state index in [9.17, 15) is 4.79 Å². The molecule has 0 bridgehead atoms. The normalized spacial score (nSPS) is 14.2. The van der Waals surface area contributed by atoms with Gasteiger partial charge in [0.25, 0.3) is 0 Å². The molecule has 41 heavy (non-hydrogen) atoms. The molecule has 1 aliphatic rings. The molecule has 0 unspecified atom stereocenters. The molecule has 0 spiro atoms. The van der Waals surface area contributed by atoms with Gasteiger partial charge in [0.15, 0.2) is 0 Å². The smallest absolute Gasteiger partial charge is 0.410 e. The Labute approximate surface area is 246 Å². The third kappa shape index (κ3) is 6.01. The van der Waals surface area contributed by atoms with E-state index in [-0.39, 0.29) is 17.8 Å². The number of hydrogen-bond acceptors (Lipinski definition) is 5. The molecule has 1 fully saturated rings. The Balaban J connectivity index is 1.62. The number of anilines is 1. The van der Waals surface area contributed by atoms with E-state index in [0.717, 1.165) is 27.9 Å². The van der Waals surface area contributed by atoms with E-state index < -0.39 is 5.60 Å². The highest BCUT2D eigenvalue weighted by Gasteiger charge is 2.28. The number of hydrogen-bond donors (Lipinski definition) is 0. The summed E-state index contributed by atoms with van der Waals surface area (Å²) in [4.78, 5) is 26.5. The number of aryl methyl sites for hydroxylation is 1. The van der Waals surface area contributed by atoms with Crippen molar-refractivity contribution in [3.8, 4) is 22.4 Å². The molecule has 2 aromatic heterocycles. The van der Waals surface area contributed by atoms with Gasteiger partial charge in [-0.3, -0.25) is 0 Å². The van der Waals surface area contributed by atoms with Crippen LogP contribution in [0, 0.1) is 12.7 Å². The van der Waals surface area contributed by atoms with Crippen molar-refractivity contribution in [3.63, 3.8) is 0 Å². The fourth-order valence-electron chi connectivity index (χ4n) is 5.24. The van der Waals surface area contributed by atoms with Crippen molar-refractivity contribution in [1.29, 1.82) is 0 Å². The quantitative estimate of drug-likeness (QED) is 0.246. The van der Waals surface area contributed by atoms with Gasteiger partial charge in [0, 0.05) is 48.9 Å². The molecule has 1 amide bonds. The molecule has 0 aliphatic carbocycles. The molecule has 1 aliphatic heterocycles. The summed E-state index contributed by atoms with van der Waals surface area (Å²) in [6.45, 7) is 13.9. The van der Waals surface area contributed by atoms with Crippen LogP contribution >= 0.6 is 11.6 Å². The summed E-state index contributed by atoms with van der Waals surface area (Å²) in [7, 11) is 0. The lowest BCUT2D eigenvalue weighted by molar-refractivity contribution is 0.0240. The number of piperazine rings is 1. The van der Waals surface area contributed by atoms with Gasteiger partial charge in [-0.2, -0.15) is 0 Å². The van der Waals surface area contributed by atoms with Crippen LogP contribution in [0.15, 0.2) is 54.7 Å². The molecular formula is C33H36ClFN4O2. The largest absolute Gasteiger partial charge is 0.444 e. The fourth-order valence-corrected chi connectivity index (χ4v) is 5.50. The molecule has 0 saturated carbocycles. The lowest BCUT2D eigenvalue weighted by Gasteiger charge is -2.36. The molecule has 214 valence electrons. The van der Waals surface area contributed by atoms with Gasteiger partial charge in [-0.25, -0.2) is 19.2 Å². The molecule has 6 nitrogen and oxygen atoms in total. The zero-order valence-corrected chi connectivity index (χ0v) is 25.2. The Bertz CT molecular complexity index is 1610. The van der Waals surface area contributed by atoms with E-state index in [1.807, 2.05) is 58.2 Å². The first kappa shape index (κ1) is 28.8. The lowest BCUT2D eigenvalue weighted by atomic mass is 9.92. The number of carbonyl (C=O) groups is 1. The van der Waals surface area contributed by atoms with E-state index in [2.05, 4.69) is 30.9 Å². The molecule has 2 aromatic carbocycles. The number of benzene rings is 2. The van der Waals surface area contributed by atoms with Crippen molar-refractivity contribution in [2.45, 2.75) is 53.1 Å². The third-order valence-corrected chi connectivity index (χ3v) is 7.56. The zero-order chi connectivity index (χ0) is 29.5. The van der Waals surface area contributed by atoms with Gasteiger partial charge < -0.3 is 14.5 Å². The maximum Gasteiger partial charge on any atom is 0.410 e. The number of nitrogens with zero attached hydrogens (tertiary/aromatic N) is 4. The number of pyridine rings is 2. The molecule has 4 aromatic rings. The molecule has 3 heterocycles. The van der Waals surface area contributed by atoms with Crippen molar-refractivity contribution >= 4 is 34.4 Å². The standard InChI is InChI=1S/C33H36ClFN4O2/c1-20(2)22-9-7-8-10-23(22)26-19-36-31(38-13-15-39(16-14-38)32(40)41-33(4,5)6)25-18-27(34)30(37-29(25)26)24-12-11-21(3)17-28(24)35/h7-12,17-20H,13-16H2,1-6H3. The number of halogens is 2. The van der Waals surface area contributed by atoms with Gasteiger partial charge in [-0.05, 0) is 68.5 Å². The monoisotopic (exact) mass is 574 g/mol. The minimum Gasteiger partial charge on any atom is -0.444 e. The van der Waals surface area contributed by atoms with E-state index in [1.54, 1.807) is 11.0 Å². The van der Waals surface area contributed by atoms with Crippen LogP contribution in [0.2, 0.25) is 5.02 Å². The summed E-state index contributed by atoms with van der Waals surface area (Å²) < 4.78 is 20.7.